The number of halogens is 2. The maximum absolute atomic E-state index is 13.3. The third kappa shape index (κ3) is 5.10. The van der Waals surface area contributed by atoms with Crippen molar-refractivity contribution in [1.29, 1.82) is 0 Å². The van der Waals surface area contributed by atoms with Gasteiger partial charge in [-0.05, 0) is 30.5 Å². The zero-order valence-electron chi connectivity index (χ0n) is 14.6. The molecule has 2 aromatic rings. The van der Waals surface area contributed by atoms with E-state index < -0.39 is 27.4 Å². The second kappa shape index (κ2) is 8.13. The second-order valence-electron chi connectivity index (χ2n) is 6.13. The minimum atomic E-state index is -3.68. The first-order valence-corrected chi connectivity index (χ1v) is 9.93. The maximum Gasteiger partial charge on any atom is 0.319 e. The van der Waals surface area contributed by atoms with Gasteiger partial charge in [-0.1, -0.05) is 0 Å². The van der Waals surface area contributed by atoms with Crippen molar-refractivity contribution in [2.24, 2.45) is 0 Å². The topological polar surface area (TPSA) is 81.6 Å². The van der Waals surface area contributed by atoms with Gasteiger partial charge >= 0.3 is 6.01 Å². The summed E-state index contributed by atoms with van der Waals surface area (Å²) >= 11 is 0. The van der Waals surface area contributed by atoms with Crippen LogP contribution >= 0.6 is 0 Å². The molecule has 0 atom stereocenters. The third-order valence-corrected chi connectivity index (χ3v) is 5.99. The van der Waals surface area contributed by atoms with Crippen LogP contribution in [0.2, 0.25) is 0 Å². The Morgan fingerprint density at radius 2 is 1.85 bits per heavy atom. The molecular weight excluding hydrogens is 380 g/mol. The highest BCUT2D eigenvalue weighted by molar-refractivity contribution is 7.88. The van der Waals surface area contributed by atoms with Gasteiger partial charge in [-0.15, -0.1) is 0 Å². The van der Waals surface area contributed by atoms with Gasteiger partial charge in [-0.2, -0.15) is 4.98 Å². The molecule has 0 spiro atoms. The molecule has 0 unspecified atom stereocenters. The van der Waals surface area contributed by atoms with Crippen LogP contribution < -0.4 is 9.47 Å². The Kier molecular flexibility index (Phi) is 5.85. The first-order valence-electron chi connectivity index (χ1n) is 8.32. The van der Waals surface area contributed by atoms with Crippen LogP contribution in [-0.4, -0.2) is 49.0 Å². The second-order valence-corrected chi connectivity index (χ2v) is 8.10. The lowest BCUT2D eigenvalue weighted by molar-refractivity contribution is 0.128. The highest BCUT2D eigenvalue weighted by Crippen LogP contribution is 2.22. The van der Waals surface area contributed by atoms with Gasteiger partial charge in [0.1, 0.15) is 17.7 Å². The average Bonchev–Trinajstić information content (AvgIpc) is 2.61. The summed E-state index contributed by atoms with van der Waals surface area (Å²) in [6, 6.07) is 4.55. The van der Waals surface area contributed by atoms with Crippen LogP contribution in [-0.2, 0) is 15.8 Å². The predicted octanol–water partition coefficient (Wildman–Crippen LogP) is 2.14. The van der Waals surface area contributed by atoms with Crippen molar-refractivity contribution in [2.75, 3.05) is 20.2 Å². The van der Waals surface area contributed by atoms with E-state index in [0.29, 0.717) is 24.8 Å². The summed E-state index contributed by atoms with van der Waals surface area (Å²) in [5.41, 5.74) is 0.0824. The van der Waals surface area contributed by atoms with Gasteiger partial charge in [-0.25, -0.2) is 26.5 Å². The first kappa shape index (κ1) is 19.4. The van der Waals surface area contributed by atoms with Crippen LogP contribution in [0.1, 0.15) is 18.4 Å². The first-order chi connectivity index (χ1) is 12.9. The van der Waals surface area contributed by atoms with Crippen molar-refractivity contribution < 1.29 is 26.7 Å². The van der Waals surface area contributed by atoms with Crippen molar-refractivity contribution in [3.63, 3.8) is 0 Å². The average molecular weight is 399 g/mol. The Bertz CT molecular complexity index is 883. The summed E-state index contributed by atoms with van der Waals surface area (Å²) in [5, 5.41) is 0. The Hall–Kier alpha value is -2.33. The van der Waals surface area contributed by atoms with E-state index in [0.717, 1.165) is 12.1 Å². The highest BCUT2D eigenvalue weighted by Gasteiger charge is 2.29. The van der Waals surface area contributed by atoms with E-state index in [1.54, 1.807) is 6.07 Å². The molecule has 7 nitrogen and oxygen atoms in total. The lowest BCUT2D eigenvalue weighted by Crippen LogP contribution is -2.42. The van der Waals surface area contributed by atoms with Gasteiger partial charge in [-0.3, -0.25) is 0 Å². The largest absolute Gasteiger partial charge is 0.474 e. The Morgan fingerprint density at radius 3 is 2.48 bits per heavy atom. The normalized spacial score (nSPS) is 16.3. The van der Waals surface area contributed by atoms with Crippen LogP contribution in [0.25, 0.3) is 0 Å². The van der Waals surface area contributed by atoms with Gasteiger partial charge in [0.15, 0.2) is 0 Å². The number of hydrogen-bond acceptors (Lipinski definition) is 6. The predicted molar refractivity (Wildman–Crippen MR) is 92.8 cm³/mol. The van der Waals surface area contributed by atoms with E-state index in [4.69, 9.17) is 9.47 Å². The van der Waals surface area contributed by atoms with Crippen molar-refractivity contribution in [3.8, 4) is 11.9 Å². The fraction of sp³-hybridized carbons (Fsp3) is 0.412. The monoisotopic (exact) mass is 399 g/mol. The molecule has 10 heteroatoms. The Balaban J connectivity index is 1.59. The minimum Gasteiger partial charge on any atom is -0.474 e. The van der Waals surface area contributed by atoms with E-state index in [-0.39, 0.29) is 30.8 Å². The highest BCUT2D eigenvalue weighted by atomic mass is 32.2. The van der Waals surface area contributed by atoms with Gasteiger partial charge in [0.05, 0.1) is 12.9 Å². The smallest absolute Gasteiger partial charge is 0.319 e. The van der Waals surface area contributed by atoms with Crippen molar-refractivity contribution in [1.82, 2.24) is 14.3 Å². The Morgan fingerprint density at radius 1 is 1.19 bits per heavy atom. The van der Waals surface area contributed by atoms with E-state index in [1.165, 1.54) is 17.6 Å². The van der Waals surface area contributed by atoms with Crippen LogP contribution in [0, 0.1) is 11.6 Å². The van der Waals surface area contributed by atoms with Gasteiger partial charge in [0, 0.05) is 31.4 Å². The summed E-state index contributed by atoms with van der Waals surface area (Å²) in [6.07, 6.45) is 2.27. The van der Waals surface area contributed by atoms with E-state index in [1.807, 2.05) is 0 Å². The molecule has 0 amide bonds. The molecule has 1 aliphatic heterocycles. The van der Waals surface area contributed by atoms with Crippen molar-refractivity contribution >= 4 is 10.0 Å². The number of rotatable bonds is 6. The molecule has 1 aromatic heterocycles. The van der Waals surface area contributed by atoms with Crippen molar-refractivity contribution in [3.05, 3.63) is 47.7 Å². The summed E-state index contributed by atoms with van der Waals surface area (Å²) < 4.78 is 63.6. The van der Waals surface area contributed by atoms with Gasteiger partial charge < -0.3 is 9.47 Å². The maximum atomic E-state index is 13.3. The molecule has 146 valence electrons. The minimum absolute atomic E-state index is 0.0824. The number of hydrogen-bond donors (Lipinski definition) is 0. The van der Waals surface area contributed by atoms with Gasteiger partial charge in [0.25, 0.3) is 0 Å². The zero-order chi connectivity index (χ0) is 19.4. The van der Waals surface area contributed by atoms with Crippen molar-refractivity contribution in [2.45, 2.75) is 24.7 Å². The lowest BCUT2D eigenvalue weighted by Gasteiger charge is -2.31. The van der Waals surface area contributed by atoms with E-state index >= 15 is 0 Å². The molecule has 1 fully saturated rings. The molecule has 0 aliphatic carbocycles. The van der Waals surface area contributed by atoms with E-state index in [2.05, 4.69) is 9.97 Å². The fourth-order valence-corrected chi connectivity index (χ4v) is 4.42. The summed E-state index contributed by atoms with van der Waals surface area (Å²) in [5.74, 6) is -1.69. The fourth-order valence-electron chi connectivity index (χ4n) is 2.88. The standard InChI is InChI=1S/C17H19F2N3O4S/c1-25-17-20-5-2-16(21-17)26-15-3-6-22(7-4-15)27(23,24)11-12-8-13(18)10-14(19)9-12/h2,5,8-10,15H,3-4,6-7,11H2,1H3. The molecule has 3 rings (SSSR count). The number of piperidine rings is 1. The van der Waals surface area contributed by atoms with Crippen LogP contribution in [0.15, 0.2) is 30.5 Å². The summed E-state index contributed by atoms with van der Waals surface area (Å²) in [6.45, 7) is 0.514. The number of methoxy groups -OCH3 is 1. The molecule has 0 radical (unpaired) electrons. The molecule has 0 N–H and O–H groups in total. The van der Waals surface area contributed by atoms with Crippen LogP contribution in [0.5, 0.6) is 11.9 Å². The summed E-state index contributed by atoms with van der Waals surface area (Å²) in [7, 11) is -2.23. The number of sulfonamides is 1. The number of aromatic nitrogens is 2. The Labute approximate surface area is 156 Å². The SMILES string of the molecule is COc1nccc(OC2CCN(S(=O)(=O)Cc3cc(F)cc(F)c3)CC2)n1. The van der Waals surface area contributed by atoms with Crippen LogP contribution in [0.4, 0.5) is 8.78 Å². The molecule has 27 heavy (non-hydrogen) atoms. The molecule has 0 saturated carbocycles. The number of nitrogens with zero attached hydrogens (tertiary/aromatic N) is 3. The third-order valence-electron chi connectivity index (χ3n) is 4.14. The number of benzene rings is 1. The van der Waals surface area contributed by atoms with E-state index in [9.17, 15) is 17.2 Å². The molecule has 1 saturated heterocycles. The van der Waals surface area contributed by atoms with Gasteiger partial charge in [0.2, 0.25) is 15.9 Å². The van der Waals surface area contributed by atoms with Crippen LogP contribution in [0.3, 0.4) is 0 Å². The molecule has 1 aromatic carbocycles. The number of ether oxygens (including phenoxy) is 2. The summed E-state index contributed by atoms with van der Waals surface area (Å²) in [4.78, 5) is 7.96. The molecular formula is C17H19F2N3O4S. The molecule has 2 heterocycles. The molecule has 1 aliphatic rings. The zero-order valence-corrected chi connectivity index (χ0v) is 15.5. The lowest BCUT2D eigenvalue weighted by atomic mass is 10.1. The quantitative estimate of drug-likeness (QED) is 0.740. The molecule has 0 bridgehead atoms.